The SMILES string of the molecule is CNC(=O)c1c[nH]c2nc(I)ccc12. The number of H-pyrrole nitrogens is 1. The second kappa shape index (κ2) is 3.56. The Hall–Kier alpha value is -1.11. The van der Waals surface area contributed by atoms with Crippen LogP contribution in [-0.2, 0) is 0 Å². The summed E-state index contributed by atoms with van der Waals surface area (Å²) in [6.07, 6.45) is 1.67. The molecule has 1 amide bonds. The van der Waals surface area contributed by atoms with Crippen molar-refractivity contribution in [2.75, 3.05) is 7.05 Å². The Morgan fingerprint density at radius 3 is 3.07 bits per heavy atom. The van der Waals surface area contributed by atoms with Gasteiger partial charge < -0.3 is 10.3 Å². The van der Waals surface area contributed by atoms with Crippen LogP contribution in [0.4, 0.5) is 0 Å². The quantitative estimate of drug-likeness (QED) is 0.620. The van der Waals surface area contributed by atoms with Crippen LogP contribution in [0.2, 0.25) is 0 Å². The topological polar surface area (TPSA) is 57.8 Å². The summed E-state index contributed by atoms with van der Waals surface area (Å²) in [6, 6.07) is 3.77. The molecule has 2 rings (SSSR count). The second-order valence-electron chi connectivity index (χ2n) is 2.81. The van der Waals surface area contributed by atoms with Crippen LogP contribution in [0.3, 0.4) is 0 Å². The predicted octanol–water partition coefficient (Wildman–Crippen LogP) is 1.53. The summed E-state index contributed by atoms with van der Waals surface area (Å²) in [5, 5.41) is 3.44. The molecule has 0 unspecified atom stereocenters. The zero-order chi connectivity index (χ0) is 10.1. The molecule has 0 spiro atoms. The zero-order valence-electron chi connectivity index (χ0n) is 7.47. The molecule has 0 saturated heterocycles. The first kappa shape index (κ1) is 9.45. The van der Waals surface area contributed by atoms with E-state index in [1.54, 1.807) is 13.2 Å². The Morgan fingerprint density at radius 1 is 1.57 bits per heavy atom. The minimum Gasteiger partial charge on any atom is -0.355 e. The van der Waals surface area contributed by atoms with Crippen LogP contribution < -0.4 is 5.32 Å². The largest absolute Gasteiger partial charge is 0.355 e. The molecular weight excluding hydrogens is 293 g/mol. The van der Waals surface area contributed by atoms with Crippen molar-refractivity contribution >= 4 is 39.5 Å². The van der Waals surface area contributed by atoms with Crippen LogP contribution in [0.1, 0.15) is 10.4 Å². The Labute approximate surface area is 94.2 Å². The number of amides is 1. The third-order valence-electron chi connectivity index (χ3n) is 1.98. The molecule has 0 aliphatic carbocycles. The molecule has 0 fully saturated rings. The van der Waals surface area contributed by atoms with Gasteiger partial charge >= 0.3 is 0 Å². The Bertz CT molecular complexity index is 492. The monoisotopic (exact) mass is 301 g/mol. The number of hydrogen-bond donors (Lipinski definition) is 2. The molecule has 2 aromatic heterocycles. The smallest absolute Gasteiger partial charge is 0.253 e. The second-order valence-corrected chi connectivity index (χ2v) is 3.92. The van der Waals surface area contributed by atoms with E-state index in [2.05, 4.69) is 37.9 Å². The molecule has 4 nitrogen and oxygen atoms in total. The highest BCUT2D eigenvalue weighted by atomic mass is 127. The number of nitrogens with zero attached hydrogens (tertiary/aromatic N) is 1. The van der Waals surface area contributed by atoms with E-state index in [4.69, 9.17) is 0 Å². The minimum atomic E-state index is -0.0979. The van der Waals surface area contributed by atoms with E-state index in [1.165, 1.54) is 0 Å². The Morgan fingerprint density at radius 2 is 2.36 bits per heavy atom. The number of carbonyl (C=O) groups excluding carboxylic acids is 1. The first-order chi connectivity index (χ1) is 6.72. The molecule has 0 saturated carbocycles. The molecule has 0 bridgehead atoms. The molecular formula is C9H8IN3O. The van der Waals surface area contributed by atoms with Crippen molar-refractivity contribution in [3.63, 3.8) is 0 Å². The number of carbonyl (C=O) groups is 1. The summed E-state index contributed by atoms with van der Waals surface area (Å²) in [7, 11) is 1.61. The average molecular weight is 301 g/mol. The highest BCUT2D eigenvalue weighted by Gasteiger charge is 2.10. The van der Waals surface area contributed by atoms with Crippen LogP contribution in [0.15, 0.2) is 18.3 Å². The molecule has 0 atom stereocenters. The summed E-state index contributed by atoms with van der Waals surface area (Å²) < 4.78 is 0.903. The van der Waals surface area contributed by atoms with Crippen molar-refractivity contribution in [1.29, 1.82) is 0 Å². The Balaban J connectivity index is 2.64. The normalized spacial score (nSPS) is 10.4. The third-order valence-corrected chi connectivity index (χ3v) is 2.58. The van der Waals surface area contributed by atoms with E-state index >= 15 is 0 Å². The van der Waals surface area contributed by atoms with Gasteiger partial charge in [0, 0.05) is 18.6 Å². The molecule has 2 N–H and O–H groups in total. The molecule has 0 aliphatic rings. The number of pyridine rings is 1. The number of rotatable bonds is 1. The van der Waals surface area contributed by atoms with Crippen molar-refractivity contribution in [2.45, 2.75) is 0 Å². The van der Waals surface area contributed by atoms with Gasteiger partial charge in [-0.1, -0.05) is 0 Å². The molecule has 0 aromatic carbocycles. The molecule has 5 heteroatoms. The standard InChI is InChI=1S/C9H8IN3O/c1-11-9(14)6-4-12-8-5(6)2-3-7(10)13-8/h2-4H,1H3,(H,11,14)(H,12,13). The van der Waals surface area contributed by atoms with Crippen LogP contribution in [0.5, 0.6) is 0 Å². The van der Waals surface area contributed by atoms with Crippen LogP contribution in [-0.4, -0.2) is 22.9 Å². The number of aromatic amines is 1. The number of nitrogens with one attached hydrogen (secondary N) is 2. The highest BCUT2D eigenvalue weighted by Crippen LogP contribution is 2.17. The summed E-state index contributed by atoms with van der Waals surface area (Å²) in [5.74, 6) is -0.0979. The van der Waals surface area contributed by atoms with Crippen LogP contribution in [0, 0.1) is 3.70 Å². The lowest BCUT2D eigenvalue weighted by molar-refractivity contribution is 0.0965. The van der Waals surface area contributed by atoms with Gasteiger partial charge in [0.05, 0.1) is 5.56 Å². The fraction of sp³-hybridized carbons (Fsp3) is 0.111. The first-order valence-corrected chi connectivity index (χ1v) is 5.16. The van der Waals surface area contributed by atoms with Gasteiger partial charge in [-0.2, -0.15) is 0 Å². The van der Waals surface area contributed by atoms with Gasteiger partial charge in [0.2, 0.25) is 0 Å². The van der Waals surface area contributed by atoms with Gasteiger partial charge in [-0.3, -0.25) is 4.79 Å². The van der Waals surface area contributed by atoms with Crippen LogP contribution >= 0.6 is 22.6 Å². The van der Waals surface area contributed by atoms with Gasteiger partial charge in [-0.25, -0.2) is 4.98 Å². The summed E-state index contributed by atoms with van der Waals surface area (Å²) in [6.45, 7) is 0. The van der Waals surface area contributed by atoms with Gasteiger partial charge in [0.1, 0.15) is 9.35 Å². The van der Waals surface area contributed by atoms with E-state index in [-0.39, 0.29) is 5.91 Å². The van der Waals surface area contributed by atoms with Crippen LogP contribution in [0.25, 0.3) is 11.0 Å². The van der Waals surface area contributed by atoms with Crippen molar-refractivity contribution in [1.82, 2.24) is 15.3 Å². The number of halogens is 1. The van der Waals surface area contributed by atoms with E-state index in [1.807, 2.05) is 12.1 Å². The fourth-order valence-corrected chi connectivity index (χ4v) is 1.72. The molecule has 0 radical (unpaired) electrons. The lowest BCUT2D eigenvalue weighted by Crippen LogP contribution is -2.17. The third kappa shape index (κ3) is 1.47. The number of fused-ring (bicyclic) bond motifs is 1. The molecule has 72 valence electrons. The summed E-state index contributed by atoms with van der Waals surface area (Å²) in [5.41, 5.74) is 1.38. The average Bonchev–Trinajstić information content (AvgIpc) is 2.59. The maximum atomic E-state index is 11.4. The summed E-state index contributed by atoms with van der Waals surface area (Å²) >= 11 is 2.13. The van der Waals surface area contributed by atoms with Gasteiger partial charge in [0.15, 0.2) is 0 Å². The first-order valence-electron chi connectivity index (χ1n) is 4.08. The van der Waals surface area contributed by atoms with E-state index in [9.17, 15) is 4.79 Å². The highest BCUT2D eigenvalue weighted by molar-refractivity contribution is 14.1. The van der Waals surface area contributed by atoms with E-state index in [0.717, 1.165) is 14.7 Å². The van der Waals surface area contributed by atoms with Gasteiger partial charge in [-0.15, -0.1) is 0 Å². The van der Waals surface area contributed by atoms with Crippen molar-refractivity contribution in [2.24, 2.45) is 0 Å². The van der Waals surface area contributed by atoms with Gasteiger partial charge in [-0.05, 0) is 34.7 Å². The molecule has 14 heavy (non-hydrogen) atoms. The lowest BCUT2D eigenvalue weighted by atomic mass is 10.2. The van der Waals surface area contributed by atoms with E-state index in [0.29, 0.717) is 5.56 Å². The number of hydrogen-bond acceptors (Lipinski definition) is 2. The van der Waals surface area contributed by atoms with E-state index < -0.39 is 0 Å². The fourth-order valence-electron chi connectivity index (χ4n) is 1.30. The maximum absolute atomic E-state index is 11.4. The molecule has 2 heterocycles. The van der Waals surface area contributed by atoms with Crippen molar-refractivity contribution in [3.8, 4) is 0 Å². The molecule has 2 aromatic rings. The lowest BCUT2D eigenvalue weighted by Gasteiger charge is -1.96. The minimum absolute atomic E-state index is 0.0979. The van der Waals surface area contributed by atoms with Crippen molar-refractivity contribution in [3.05, 3.63) is 27.6 Å². The summed E-state index contributed by atoms with van der Waals surface area (Å²) in [4.78, 5) is 18.6. The number of aromatic nitrogens is 2. The Kier molecular flexibility index (Phi) is 2.40. The zero-order valence-corrected chi connectivity index (χ0v) is 9.62. The predicted molar refractivity (Wildman–Crippen MR) is 62.2 cm³/mol. The van der Waals surface area contributed by atoms with Crippen molar-refractivity contribution < 1.29 is 4.79 Å². The maximum Gasteiger partial charge on any atom is 0.253 e. The molecule has 0 aliphatic heterocycles. The van der Waals surface area contributed by atoms with Gasteiger partial charge in [0.25, 0.3) is 5.91 Å².